The van der Waals surface area contributed by atoms with Gasteiger partial charge in [-0.05, 0) is 24.1 Å². The fraction of sp³-hybridized carbons (Fsp3) is 0.364. The van der Waals surface area contributed by atoms with Gasteiger partial charge in [-0.15, -0.1) is 0 Å². The van der Waals surface area contributed by atoms with E-state index >= 15 is 0 Å². The van der Waals surface area contributed by atoms with Gasteiger partial charge < -0.3 is 15.3 Å². The number of nitrogens with zero attached hydrogens (tertiary/aromatic N) is 1. The number of benzene rings is 1. The molecule has 1 heterocycles. The van der Waals surface area contributed by atoms with Crippen LogP contribution in [0.2, 0.25) is 0 Å². The van der Waals surface area contributed by atoms with Crippen LogP contribution in [0.5, 0.6) is 0 Å². The van der Waals surface area contributed by atoms with E-state index in [0.29, 0.717) is 6.54 Å². The minimum Gasteiger partial charge on any atom is -0.465 e. The van der Waals surface area contributed by atoms with E-state index < -0.39 is 6.09 Å². The molecule has 0 spiro atoms. The molecule has 0 unspecified atom stereocenters. The molecule has 0 saturated heterocycles. The van der Waals surface area contributed by atoms with Crippen molar-refractivity contribution < 1.29 is 9.90 Å². The molecule has 0 atom stereocenters. The predicted molar refractivity (Wildman–Crippen MR) is 66.1 cm³/mol. The highest BCUT2D eigenvalue weighted by atomic mass is 79.9. The lowest BCUT2D eigenvalue weighted by Gasteiger charge is -2.19. The molecule has 0 aliphatic carbocycles. The second kappa shape index (κ2) is 4.74. The van der Waals surface area contributed by atoms with E-state index in [1.54, 1.807) is 0 Å². The molecule has 2 N–H and O–H groups in total. The van der Waals surface area contributed by atoms with Gasteiger partial charge in [0.25, 0.3) is 0 Å². The first-order valence-corrected chi connectivity index (χ1v) is 5.97. The minimum absolute atomic E-state index is 0.460. The van der Waals surface area contributed by atoms with Gasteiger partial charge in [0.15, 0.2) is 0 Å². The minimum atomic E-state index is -0.964. The molecule has 1 aromatic carbocycles. The van der Waals surface area contributed by atoms with E-state index in [1.165, 1.54) is 11.3 Å². The fourth-order valence-corrected chi connectivity index (χ4v) is 2.54. The Bertz CT molecular complexity index is 409. The van der Waals surface area contributed by atoms with Crippen LogP contribution in [0.15, 0.2) is 22.7 Å². The lowest BCUT2D eigenvalue weighted by molar-refractivity contribution is 0.195. The van der Waals surface area contributed by atoms with Gasteiger partial charge in [-0.2, -0.15) is 0 Å². The highest BCUT2D eigenvalue weighted by molar-refractivity contribution is 9.10. The summed E-state index contributed by atoms with van der Waals surface area (Å²) in [5.74, 6) is 0. The predicted octanol–water partition coefficient (Wildman–Crippen LogP) is 2.08. The summed E-state index contributed by atoms with van der Waals surface area (Å²) in [5.41, 5.74) is 2.53. The number of carbonyl (C=O) groups is 1. The summed E-state index contributed by atoms with van der Waals surface area (Å²) in [6, 6.07) is 6.12. The Morgan fingerprint density at radius 1 is 1.56 bits per heavy atom. The van der Waals surface area contributed by atoms with Crippen LogP contribution in [0.25, 0.3) is 0 Å². The molecule has 16 heavy (non-hydrogen) atoms. The van der Waals surface area contributed by atoms with Gasteiger partial charge in [0.05, 0.1) is 0 Å². The molecule has 0 fully saturated rings. The molecular formula is C11H13BrN2O2. The number of rotatable bonds is 3. The number of amides is 1. The Labute approximate surface area is 102 Å². The molecule has 1 amide bonds. The summed E-state index contributed by atoms with van der Waals surface area (Å²) in [7, 11) is 0. The Balaban J connectivity index is 2.01. The Hall–Kier alpha value is -1.23. The van der Waals surface area contributed by atoms with E-state index in [-0.39, 0.29) is 0 Å². The molecule has 1 aliphatic rings. The van der Waals surface area contributed by atoms with E-state index in [0.717, 1.165) is 24.0 Å². The Morgan fingerprint density at radius 3 is 3.12 bits per heavy atom. The molecule has 0 bridgehead atoms. The lowest BCUT2D eigenvalue weighted by Crippen LogP contribution is -2.33. The van der Waals surface area contributed by atoms with Crippen molar-refractivity contribution in [3.63, 3.8) is 0 Å². The van der Waals surface area contributed by atoms with Crippen LogP contribution in [-0.4, -0.2) is 30.8 Å². The van der Waals surface area contributed by atoms with Crippen molar-refractivity contribution in [3.05, 3.63) is 28.2 Å². The third-order valence-electron chi connectivity index (χ3n) is 2.72. The molecule has 0 aromatic heterocycles. The maximum atomic E-state index is 10.3. The molecule has 1 aliphatic heterocycles. The van der Waals surface area contributed by atoms with Crippen LogP contribution in [0.4, 0.5) is 10.5 Å². The highest BCUT2D eigenvalue weighted by Gasteiger charge is 2.20. The Morgan fingerprint density at radius 2 is 2.38 bits per heavy atom. The summed E-state index contributed by atoms with van der Waals surface area (Å²) < 4.78 is 1.14. The van der Waals surface area contributed by atoms with Gasteiger partial charge in [0.2, 0.25) is 0 Å². The topological polar surface area (TPSA) is 52.6 Å². The van der Waals surface area contributed by atoms with E-state index in [2.05, 4.69) is 32.2 Å². The fourth-order valence-electron chi connectivity index (χ4n) is 1.99. The lowest BCUT2D eigenvalue weighted by atomic mass is 10.2. The SMILES string of the molecule is O=C(O)NCCN1CCc2c(Br)cccc21. The normalized spacial score (nSPS) is 13.7. The van der Waals surface area contributed by atoms with E-state index in [1.807, 2.05) is 12.1 Å². The summed E-state index contributed by atoms with van der Waals surface area (Å²) in [6.45, 7) is 2.14. The van der Waals surface area contributed by atoms with Crippen molar-refractivity contribution in [1.29, 1.82) is 0 Å². The third kappa shape index (κ3) is 2.29. The first-order chi connectivity index (χ1) is 7.68. The molecule has 2 rings (SSSR count). The quantitative estimate of drug-likeness (QED) is 0.894. The maximum absolute atomic E-state index is 10.3. The maximum Gasteiger partial charge on any atom is 0.404 e. The molecular weight excluding hydrogens is 272 g/mol. The van der Waals surface area contributed by atoms with Gasteiger partial charge in [-0.3, -0.25) is 0 Å². The zero-order chi connectivity index (χ0) is 11.5. The van der Waals surface area contributed by atoms with Crippen LogP contribution in [-0.2, 0) is 6.42 Å². The van der Waals surface area contributed by atoms with Crippen LogP contribution >= 0.6 is 15.9 Å². The van der Waals surface area contributed by atoms with Crippen molar-refractivity contribution in [1.82, 2.24) is 5.32 Å². The largest absolute Gasteiger partial charge is 0.465 e. The standard InChI is InChI=1S/C11H13BrN2O2/c12-9-2-1-3-10-8(9)4-6-14(10)7-5-13-11(15)16/h1-3,13H,4-7H2,(H,15,16). The number of anilines is 1. The Kier molecular flexibility index (Phi) is 3.33. The van der Waals surface area contributed by atoms with Crippen molar-refractivity contribution in [3.8, 4) is 0 Å². The first kappa shape index (κ1) is 11.3. The van der Waals surface area contributed by atoms with E-state index in [4.69, 9.17) is 5.11 Å². The average molecular weight is 285 g/mol. The van der Waals surface area contributed by atoms with Gasteiger partial charge in [-0.25, -0.2) is 4.79 Å². The number of hydrogen-bond donors (Lipinski definition) is 2. The van der Waals surface area contributed by atoms with Crippen LogP contribution in [0.3, 0.4) is 0 Å². The zero-order valence-corrected chi connectivity index (χ0v) is 10.3. The summed E-state index contributed by atoms with van der Waals surface area (Å²) in [4.78, 5) is 12.5. The molecule has 5 heteroatoms. The van der Waals surface area contributed by atoms with Crippen molar-refractivity contribution in [2.24, 2.45) is 0 Å². The summed E-state index contributed by atoms with van der Waals surface area (Å²) in [6.07, 6.45) is 0.0535. The zero-order valence-electron chi connectivity index (χ0n) is 8.74. The second-order valence-electron chi connectivity index (χ2n) is 3.71. The number of halogens is 1. The molecule has 86 valence electrons. The molecule has 1 aromatic rings. The highest BCUT2D eigenvalue weighted by Crippen LogP contribution is 2.32. The summed E-state index contributed by atoms with van der Waals surface area (Å²) in [5, 5.41) is 10.9. The van der Waals surface area contributed by atoms with Crippen molar-refractivity contribution in [2.75, 3.05) is 24.5 Å². The monoisotopic (exact) mass is 284 g/mol. The molecule has 0 radical (unpaired) electrons. The van der Waals surface area contributed by atoms with Crippen molar-refractivity contribution in [2.45, 2.75) is 6.42 Å². The number of carboxylic acid groups (broad SMARTS) is 1. The van der Waals surface area contributed by atoms with Gasteiger partial charge in [0, 0.05) is 29.8 Å². The molecule has 0 saturated carbocycles. The van der Waals surface area contributed by atoms with Gasteiger partial charge in [0.1, 0.15) is 0 Å². The summed E-state index contributed by atoms with van der Waals surface area (Å²) >= 11 is 3.53. The second-order valence-corrected chi connectivity index (χ2v) is 4.56. The third-order valence-corrected chi connectivity index (χ3v) is 3.47. The van der Waals surface area contributed by atoms with Crippen LogP contribution in [0, 0.1) is 0 Å². The number of nitrogens with one attached hydrogen (secondary N) is 1. The van der Waals surface area contributed by atoms with Crippen LogP contribution in [0.1, 0.15) is 5.56 Å². The number of hydrogen-bond acceptors (Lipinski definition) is 2. The smallest absolute Gasteiger partial charge is 0.404 e. The average Bonchev–Trinajstić information content (AvgIpc) is 2.63. The van der Waals surface area contributed by atoms with Crippen molar-refractivity contribution >= 4 is 27.7 Å². The molecule has 4 nitrogen and oxygen atoms in total. The van der Waals surface area contributed by atoms with E-state index in [9.17, 15) is 4.79 Å². The first-order valence-electron chi connectivity index (χ1n) is 5.17. The number of fused-ring (bicyclic) bond motifs is 1. The van der Waals surface area contributed by atoms with Crippen LogP contribution < -0.4 is 10.2 Å². The van der Waals surface area contributed by atoms with Gasteiger partial charge in [-0.1, -0.05) is 22.0 Å². The van der Waals surface area contributed by atoms with Gasteiger partial charge >= 0.3 is 6.09 Å².